The van der Waals surface area contributed by atoms with Gasteiger partial charge in [0, 0.05) is 13.1 Å². The average molecular weight is 287 g/mol. The molecule has 0 radical (unpaired) electrons. The van der Waals surface area contributed by atoms with Crippen LogP contribution in [0.15, 0.2) is 35.1 Å². The van der Waals surface area contributed by atoms with E-state index in [0.29, 0.717) is 5.69 Å². The lowest BCUT2D eigenvalue weighted by Crippen LogP contribution is -2.24. The maximum atomic E-state index is 12.3. The van der Waals surface area contributed by atoms with Gasteiger partial charge in [-0.2, -0.15) is 0 Å². The van der Waals surface area contributed by atoms with Crippen LogP contribution in [0.3, 0.4) is 0 Å². The number of nitrogens with two attached hydrogens (primary N) is 1. The van der Waals surface area contributed by atoms with E-state index >= 15 is 0 Å². The molecule has 0 saturated carbocycles. The first-order valence-corrected chi connectivity index (χ1v) is 7.80. The first-order chi connectivity index (χ1) is 10.2. The Morgan fingerprint density at radius 3 is 2.38 bits per heavy atom. The number of aromatic nitrogens is 2. The third-order valence-corrected chi connectivity index (χ3v) is 3.84. The second-order valence-electron chi connectivity index (χ2n) is 5.34. The van der Waals surface area contributed by atoms with Crippen molar-refractivity contribution in [2.45, 2.75) is 52.6 Å². The SMILES string of the molecule is CCCc1c(N)c(=O)n(CCCc2ccccc2)n1CC. The molecular weight excluding hydrogens is 262 g/mol. The maximum Gasteiger partial charge on any atom is 0.290 e. The fourth-order valence-electron chi connectivity index (χ4n) is 2.82. The van der Waals surface area contributed by atoms with Crippen molar-refractivity contribution < 1.29 is 0 Å². The summed E-state index contributed by atoms with van der Waals surface area (Å²) in [5.41, 5.74) is 8.69. The van der Waals surface area contributed by atoms with E-state index in [1.165, 1.54) is 5.56 Å². The zero-order valence-corrected chi connectivity index (χ0v) is 13.0. The van der Waals surface area contributed by atoms with Gasteiger partial charge in [-0.1, -0.05) is 43.7 Å². The lowest BCUT2D eigenvalue weighted by molar-refractivity contribution is 0.433. The Kier molecular flexibility index (Phi) is 5.26. The monoisotopic (exact) mass is 287 g/mol. The third kappa shape index (κ3) is 3.38. The molecule has 1 aromatic carbocycles. The number of anilines is 1. The van der Waals surface area contributed by atoms with Gasteiger partial charge in [-0.05, 0) is 31.7 Å². The van der Waals surface area contributed by atoms with Crippen molar-refractivity contribution in [2.24, 2.45) is 0 Å². The summed E-state index contributed by atoms with van der Waals surface area (Å²) in [4.78, 5) is 12.3. The van der Waals surface area contributed by atoms with E-state index in [1.54, 1.807) is 0 Å². The summed E-state index contributed by atoms with van der Waals surface area (Å²) < 4.78 is 3.86. The molecule has 21 heavy (non-hydrogen) atoms. The van der Waals surface area contributed by atoms with Crippen molar-refractivity contribution in [3.63, 3.8) is 0 Å². The van der Waals surface area contributed by atoms with E-state index in [0.717, 1.165) is 44.5 Å². The molecule has 0 bridgehead atoms. The van der Waals surface area contributed by atoms with Gasteiger partial charge in [0.1, 0.15) is 5.69 Å². The number of nitrogen functional groups attached to an aromatic ring is 1. The van der Waals surface area contributed by atoms with Crippen molar-refractivity contribution in [3.8, 4) is 0 Å². The van der Waals surface area contributed by atoms with E-state index in [4.69, 9.17) is 5.73 Å². The summed E-state index contributed by atoms with van der Waals surface area (Å²) in [5.74, 6) is 0. The van der Waals surface area contributed by atoms with E-state index in [9.17, 15) is 4.79 Å². The summed E-state index contributed by atoms with van der Waals surface area (Å²) in [6, 6.07) is 10.4. The minimum atomic E-state index is -0.0339. The van der Waals surface area contributed by atoms with E-state index < -0.39 is 0 Å². The average Bonchev–Trinajstić information content (AvgIpc) is 2.73. The topological polar surface area (TPSA) is 53.0 Å². The fourth-order valence-corrected chi connectivity index (χ4v) is 2.82. The molecule has 2 rings (SSSR count). The lowest BCUT2D eigenvalue weighted by atomic mass is 10.1. The van der Waals surface area contributed by atoms with Crippen molar-refractivity contribution in [1.29, 1.82) is 0 Å². The molecule has 0 aliphatic heterocycles. The zero-order valence-electron chi connectivity index (χ0n) is 13.0. The molecule has 0 atom stereocenters. The molecule has 0 amide bonds. The zero-order chi connectivity index (χ0) is 15.2. The molecule has 0 fully saturated rings. The highest BCUT2D eigenvalue weighted by Crippen LogP contribution is 2.12. The minimum Gasteiger partial charge on any atom is -0.393 e. The van der Waals surface area contributed by atoms with Crippen LogP contribution in [-0.4, -0.2) is 9.36 Å². The van der Waals surface area contributed by atoms with Gasteiger partial charge in [-0.15, -0.1) is 0 Å². The molecule has 0 aliphatic carbocycles. The highest BCUT2D eigenvalue weighted by atomic mass is 16.1. The molecule has 0 unspecified atom stereocenters. The van der Waals surface area contributed by atoms with Crippen molar-refractivity contribution in [2.75, 3.05) is 5.73 Å². The number of hydrogen-bond acceptors (Lipinski definition) is 2. The summed E-state index contributed by atoms with van der Waals surface area (Å²) in [5, 5.41) is 0. The second-order valence-corrected chi connectivity index (χ2v) is 5.34. The Hall–Kier alpha value is -1.97. The molecule has 0 saturated heterocycles. The van der Waals surface area contributed by atoms with Gasteiger partial charge in [0.05, 0.1) is 5.69 Å². The number of nitrogens with zero attached hydrogens (tertiary/aromatic N) is 2. The van der Waals surface area contributed by atoms with Crippen LogP contribution >= 0.6 is 0 Å². The second kappa shape index (κ2) is 7.16. The number of benzene rings is 1. The summed E-state index contributed by atoms with van der Waals surface area (Å²) in [7, 11) is 0. The van der Waals surface area contributed by atoms with Gasteiger partial charge < -0.3 is 5.73 Å². The third-order valence-electron chi connectivity index (χ3n) is 3.84. The van der Waals surface area contributed by atoms with Gasteiger partial charge in [0.2, 0.25) is 0 Å². The van der Waals surface area contributed by atoms with Crippen LogP contribution in [0.25, 0.3) is 0 Å². The standard InChI is InChI=1S/C17H25N3O/c1-3-9-15-16(18)17(21)20(19(15)4-2)13-8-12-14-10-6-5-7-11-14/h5-7,10-11H,3-4,8-9,12-13,18H2,1-2H3. The fraction of sp³-hybridized carbons (Fsp3) is 0.471. The predicted octanol–water partition coefficient (Wildman–Crippen LogP) is 2.84. The summed E-state index contributed by atoms with van der Waals surface area (Å²) in [6.45, 7) is 5.67. The first kappa shape index (κ1) is 15.4. The van der Waals surface area contributed by atoms with Crippen LogP contribution in [0.5, 0.6) is 0 Å². The molecule has 2 aromatic rings. The van der Waals surface area contributed by atoms with Crippen molar-refractivity contribution in [1.82, 2.24) is 9.36 Å². The van der Waals surface area contributed by atoms with Crippen molar-refractivity contribution >= 4 is 5.69 Å². The van der Waals surface area contributed by atoms with Gasteiger partial charge >= 0.3 is 0 Å². The summed E-state index contributed by atoms with van der Waals surface area (Å²) >= 11 is 0. The van der Waals surface area contributed by atoms with Crippen LogP contribution in [0.1, 0.15) is 37.9 Å². The summed E-state index contributed by atoms with van der Waals surface area (Å²) in [6.07, 6.45) is 3.78. The van der Waals surface area contributed by atoms with Gasteiger partial charge in [-0.3, -0.25) is 9.48 Å². The molecule has 4 nitrogen and oxygen atoms in total. The predicted molar refractivity (Wildman–Crippen MR) is 87.5 cm³/mol. The Balaban J connectivity index is 2.12. The van der Waals surface area contributed by atoms with Crippen LogP contribution < -0.4 is 11.3 Å². The van der Waals surface area contributed by atoms with Crippen LogP contribution in [0.4, 0.5) is 5.69 Å². The van der Waals surface area contributed by atoms with Crippen molar-refractivity contribution in [3.05, 3.63) is 51.9 Å². The Labute approximate surface area is 126 Å². The van der Waals surface area contributed by atoms with Gasteiger partial charge in [0.25, 0.3) is 5.56 Å². The molecule has 0 aliphatic rings. The number of hydrogen-bond donors (Lipinski definition) is 1. The molecule has 114 valence electrons. The van der Waals surface area contributed by atoms with Gasteiger partial charge in [0.15, 0.2) is 0 Å². The molecular formula is C17H25N3O. The van der Waals surface area contributed by atoms with Gasteiger partial charge in [-0.25, -0.2) is 4.68 Å². The molecule has 0 spiro atoms. The smallest absolute Gasteiger partial charge is 0.290 e. The number of aryl methyl sites for hydroxylation is 1. The molecule has 1 aromatic heterocycles. The highest BCUT2D eigenvalue weighted by Gasteiger charge is 2.15. The lowest BCUT2D eigenvalue weighted by Gasteiger charge is -2.12. The largest absolute Gasteiger partial charge is 0.393 e. The Morgan fingerprint density at radius 2 is 1.76 bits per heavy atom. The molecule has 2 N–H and O–H groups in total. The Bertz CT molecular complexity index is 625. The quantitative estimate of drug-likeness (QED) is 0.851. The van der Waals surface area contributed by atoms with E-state index in [-0.39, 0.29) is 5.56 Å². The maximum absolute atomic E-state index is 12.3. The molecule has 1 heterocycles. The van der Waals surface area contributed by atoms with E-state index in [2.05, 4.69) is 26.0 Å². The van der Waals surface area contributed by atoms with E-state index in [1.807, 2.05) is 27.6 Å². The number of rotatable bonds is 7. The van der Waals surface area contributed by atoms with Crippen LogP contribution in [0.2, 0.25) is 0 Å². The normalized spacial score (nSPS) is 11.0. The van der Waals surface area contributed by atoms with Crippen LogP contribution in [0, 0.1) is 0 Å². The highest BCUT2D eigenvalue weighted by molar-refractivity contribution is 5.41. The van der Waals surface area contributed by atoms with Crippen LogP contribution in [-0.2, 0) is 25.9 Å². The Morgan fingerprint density at radius 1 is 1.05 bits per heavy atom. The minimum absolute atomic E-state index is 0.0339. The first-order valence-electron chi connectivity index (χ1n) is 7.80. The molecule has 4 heteroatoms.